The van der Waals surface area contributed by atoms with Gasteiger partial charge in [-0.3, -0.25) is 0 Å². The molecule has 0 aliphatic heterocycles. The van der Waals surface area contributed by atoms with E-state index in [1.807, 2.05) is 0 Å². The van der Waals surface area contributed by atoms with Crippen LogP contribution in [0.3, 0.4) is 0 Å². The van der Waals surface area contributed by atoms with Crippen LogP contribution in [0.15, 0.2) is 42.5 Å². The number of benzene rings is 2. The molecule has 0 aliphatic carbocycles. The number of hydrogen-bond donors (Lipinski definition) is 0. The summed E-state index contributed by atoms with van der Waals surface area (Å²) in [5.74, 6) is 0. The van der Waals surface area contributed by atoms with Crippen molar-refractivity contribution < 1.29 is 13.2 Å². The first-order valence-corrected chi connectivity index (χ1v) is 7.68. The average molecular weight is 365 g/mol. The number of aromatic nitrogens is 3. The maximum absolute atomic E-state index is 12.7. The fourth-order valence-corrected chi connectivity index (χ4v) is 2.67. The molecule has 3 aromatic rings. The second kappa shape index (κ2) is 6.05. The molecule has 0 N–H and O–H groups in total. The Morgan fingerprint density at radius 3 is 2.24 bits per heavy atom. The molecule has 1 aromatic heterocycles. The average Bonchev–Trinajstić information content (AvgIpc) is 2.95. The van der Waals surface area contributed by atoms with Crippen LogP contribution < -0.4 is 0 Å². The standard InChI is InChI=1S/C17H12ClF3N4/c1-16(9-22,11-2-4-12(5-3-11)17(19,20)21)10-25-23-14-7-6-13(18)8-15(14)24-25/h2-8H,10H2,1H3. The zero-order valence-electron chi connectivity index (χ0n) is 13.0. The van der Waals surface area contributed by atoms with Gasteiger partial charge in [-0.05, 0) is 42.8 Å². The highest BCUT2D eigenvalue weighted by molar-refractivity contribution is 6.31. The van der Waals surface area contributed by atoms with Gasteiger partial charge < -0.3 is 0 Å². The predicted octanol–water partition coefficient (Wildman–Crippen LogP) is 4.58. The van der Waals surface area contributed by atoms with Crippen LogP contribution in [-0.4, -0.2) is 15.0 Å². The fraction of sp³-hybridized carbons (Fsp3) is 0.235. The Morgan fingerprint density at radius 2 is 1.64 bits per heavy atom. The first-order valence-electron chi connectivity index (χ1n) is 7.31. The van der Waals surface area contributed by atoms with Crippen molar-refractivity contribution in [2.45, 2.75) is 25.1 Å². The second-order valence-electron chi connectivity index (χ2n) is 5.88. The molecule has 0 saturated heterocycles. The number of fused-ring (bicyclic) bond motifs is 1. The minimum absolute atomic E-state index is 0.0984. The highest BCUT2D eigenvalue weighted by Crippen LogP contribution is 2.32. The van der Waals surface area contributed by atoms with Crippen LogP contribution in [0.25, 0.3) is 11.0 Å². The third kappa shape index (κ3) is 3.44. The van der Waals surface area contributed by atoms with Crippen LogP contribution in [0.5, 0.6) is 0 Å². The van der Waals surface area contributed by atoms with Crippen molar-refractivity contribution in [3.63, 3.8) is 0 Å². The summed E-state index contributed by atoms with van der Waals surface area (Å²) in [4.78, 5) is 1.36. The highest BCUT2D eigenvalue weighted by atomic mass is 35.5. The van der Waals surface area contributed by atoms with Crippen LogP contribution >= 0.6 is 11.6 Å². The Labute approximate surface area is 146 Å². The lowest BCUT2D eigenvalue weighted by molar-refractivity contribution is -0.137. The molecule has 1 heterocycles. The molecule has 128 valence electrons. The van der Waals surface area contributed by atoms with Crippen molar-refractivity contribution in [3.8, 4) is 6.07 Å². The van der Waals surface area contributed by atoms with E-state index in [0.29, 0.717) is 21.6 Å². The third-order valence-corrected chi connectivity index (χ3v) is 4.17. The van der Waals surface area contributed by atoms with Crippen LogP contribution in [0, 0.1) is 11.3 Å². The molecule has 0 saturated carbocycles. The summed E-state index contributed by atoms with van der Waals surface area (Å²) in [6.07, 6.45) is -4.41. The first kappa shape index (κ1) is 17.2. The quantitative estimate of drug-likeness (QED) is 0.683. The van der Waals surface area contributed by atoms with Gasteiger partial charge in [0, 0.05) is 5.02 Å². The summed E-state index contributed by atoms with van der Waals surface area (Å²) in [5, 5.41) is 18.7. The molecule has 0 spiro atoms. The lowest BCUT2D eigenvalue weighted by atomic mass is 9.83. The van der Waals surface area contributed by atoms with Gasteiger partial charge in [0.25, 0.3) is 0 Å². The summed E-state index contributed by atoms with van der Waals surface area (Å²) < 4.78 is 38.1. The van der Waals surface area contributed by atoms with Gasteiger partial charge in [0.15, 0.2) is 0 Å². The number of nitriles is 1. The molecule has 4 nitrogen and oxygen atoms in total. The SMILES string of the molecule is CC(C#N)(Cn1nc2ccc(Cl)cc2n1)c1ccc(C(F)(F)F)cc1. The Kier molecular flexibility index (Phi) is 4.17. The molecule has 3 rings (SSSR count). The molecule has 0 bridgehead atoms. The largest absolute Gasteiger partial charge is 0.416 e. The van der Waals surface area contributed by atoms with Gasteiger partial charge in [-0.2, -0.15) is 33.4 Å². The van der Waals surface area contributed by atoms with Gasteiger partial charge >= 0.3 is 6.18 Å². The lowest BCUT2D eigenvalue weighted by Gasteiger charge is -2.21. The summed E-state index contributed by atoms with van der Waals surface area (Å²) in [6, 6.07) is 11.8. The number of nitrogens with zero attached hydrogens (tertiary/aromatic N) is 4. The maximum atomic E-state index is 12.7. The zero-order valence-corrected chi connectivity index (χ0v) is 13.8. The first-order chi connectivity index (χ1) is 11.7. The number of halogens is 4. The number of rotatable bonds is 3. The molecular weight excluding hydrogens is 353 g/mol. The Balaban J connectivity index is 1.93. The zero-order chi connectivity index (χ0) is 18.2. The van der Waals surface area contributed by atoms with E-state index in [2.05, 4.69) is 16.3 Å². The van der Waals surface area contributed by atoms with E-state index in [1.54, 1.807) is 25.1 Å². The van der Waals surface area contributed by atoms with Gasteiger partial charge in [0.2, 0.25) is 0 Å². The van der Waals surface area contributed by atoms with Gasteiger partial charge in [-0.15, -0.1) is 0 Å². The number of alkyl halides is 3. The Morgan fingerprint density at radius 1 is 1.04 bits per heavy atom. The molecule has 1 atom stereocenters. The molecule has 0 aliphatic rings. The van der Waals surface area contributed by atoms with Gasteiger partial charge in [0.1, 0.15) is 16.4 Å². The fourth-order valence-electron chi connectivity index (χ4n) is 2.50. The molecule has 0 radical (unpaired) electrons. The Hall–Kier alpha value is -2.59. The van der Waals surface area contributed by atoms with Gasteiger partial charge in [-0.25, -0.2) is 0 Å². The normalized spacial score (nSPS) is 14.2. The molecule has 1 unspecified atom stereocenters. The summed E-state index contributed by atoms with van der Waals surface area (Å²) in [7, 11) is 0. The molecule has 8 heteroatoms. The third-order valence-electron chi connectivity index (χ3n) is 3.94. The van der Waals surface area contributed by atoms with Crippen molar-refractivity contribution in [1.29, 1.82) is 5.26 Å². The predicted molar refractivity (Wildman–Crippen MR) is 86.9 cm³/mol. The van der Waals surface area contributed by atoms with E-state index in [0.717, 1.165) is 12.1 Å². The van der Waals surface area contributed by atoms with Crippen LogP contribution in [0.2, 0.25) is 5.02 Å². The van der Waals surface area contributed by atoms with Crippen molar-refractivity contribution in [1.82, 2.24) is 15.0 Å². The van der Waals surface area contributed by atoms with Crippen molar-refractivity contribution in [3.05, 3.63) is 58.6 Å². The van der Waals surface area contributed by atoms with E-state index >= 15 is 0 Å². The van der Waals surface area contributed by atoms with Crippen LogP contribution in [-0.2, 0) is 18.1 Å². The van der Waals surface area contributed by atoms with E-state index in [-0.39, 0.29) is 6.54 Å². The van der Waals surface area contributed by atoms with Crippen molar-refractivity contribution in [2.75, 3.05) is 0 Å². The van der Waals surface area contributed by atoms with Crippen LogP contribution in [0.4, 0.5) is 13.2 Å². The van der Waals surface area contributed by atoms with E-state index in [4.69, 9.17) is 11.6 Å². The van der Waals surface area contributed by atoms with Crippen molar-refractivity contribution in [2.24, 2.45) is 0 Å². The maximum Gasteiger partial charge on any atom is 0.416 e. The van der Waals surface area contributed by atoms with Gasteiger partial charge in [0.05, 0.1) is 18.2 Å². The molecule has 0 fully saturated rings. The molecule has 0 amide bonds. The summed E-state index contributed by atoms with van der Waals surface area (Å²) in [5.41, 5.74) is -0.169. The van der Waals surface area contributed by atoms with E-state index < -0.39 is 17.2 Å². The minimum Gasteiger partial charge on any atom is -0.197 e. The van der Waals surface area contributed by atoms with Crippen molar-refractivity contribution >= 4 is 22.6 Å². The molecule has 25 heavy (non-hydrogen) atoms. The Bertz CT molecular complexity index is 957. The van der Waals surface area contributed by atoms with Gasteiger partial charge in [-0.1, -0.05) is 23.7 Å². The smallest absolute Gasteiger partial charge is 0.197 e. The van der Waals surface area contributed by atoms with Crippen LogP contribution in [0.1, 0.15) is 18.1 Å². The topological polar surface area (TPSA) is 54.5 Å². The monoisotopic (exact) mass is 364 g/mol. The summed E-state index contributed by atoms with van der Waals surface area (Å²) in [6.45, 7) is 1.73. The lowest BCUT2D eigenvalue weighted by Crippen LogP contribution is -2.27. The number of hydrogen-bond acceptors (Lipinski definition) is 3. The summed E-state index contributed by atoms with van der Waals surface area (Å²) >= 11 is 5.91. The molecular formula is C17H12ClF3N4. The molecule has 2 aromatic carbocycles. The van der Waals surface area contributed by atoms with E-state index in [1.165, 1.54) is 16.9 Å². The second-order valence-corrected chi connectivity index (χ2v) is 6.32. The minimum atomic E-state index is -4.41. The van der Waals surface area contributed by atoms with E-state index in [9.17, 15) is 18.4 Å². The highest BCUT2D eigenvalue weighted by Gasteiger charge is 2.33.